The average Bonchev–Trinajstić information content (AvgIpc) is 3.15. The van der Waals surface area contributed by atoms with Crippen LogP contribution >= 0.6 is 0 Å². The molecule has 132 valence electrons. The Labute approximate surface area is 153 Å². The number of aromatic nitrogens is 1. The first kappa shape index (κ1) is 17.7. The summed E-state index contributed by atoms with van der Waals surface area (Å²) in [5, 5.41) is 9.01. The molecule has 1 heterocycles. The van der Waals surface area contributed by atoms with Gasteiger partial charge >= 0.3 is 5.97 Å². The molecule has 0 bridgehead atoms. The fraction of sp³-hybridized carbons (Fsp3) is 0.182. The molecule has 0 saturated carbocycles. The zero-order valence-corrected chi connectivity index (χ0v) is 15.0. The minimum absolute atomic E-state index is 0.275. The summed E-state index contributed by atoms with van der Waals surface area (Å²) in [5.74, 6) is -0.370. The number of carboxylic acid groups (broad SMARTS) is 1. The Morgan fingerprint density at radius 1 is 1.12 bits per heavy atom. The minimum atomic E-state index is -0.924. The molecule has 0 radical (unpaired) electrons. The maximum Gasteiger partial charge on any atom is 0.335 e. The van der Waals surface area contributed by atoms with Gasteiger partial charge in [0.2, 0.25) is 0 Å². The van der Waals surface area contributed by atoms with Crippen molar-refractivity contribution < 1.29 is 9.90 Å². The van der Waals surface area contributed by atoms with Gasteiger partial charge in [0.1, 0.15) is 0 Å². The smallest absolute Gasteiger partial charge is 0.335 e. The van der Waals surface area contributed by atoms with Crippen LogP contribution in [0.25, 0.3) is 5.69 Å². The van der Waals surface area contributed by atoms with Gasteiger partial charge in [-0.05, 0) is 66.4 Å². The highest BCUT2D eigenvalue weighted by Gasteiger charge is 2.05. The molecule has 3 aromatic rings. The van der Waals surface area contributed by atoms with Crippen LogP contribution in [-0.4, -0.2) is 21.9 Å². The van der Waals surface area contributed by atoms with E-state index in [1.165, 1.54) is 5.56 Å². The summed E-state index contributed by atoms with van der Waals surface area (Å²) in [4.78, 5) is 15.5. The van der Waals surface area contributed by atoms with Crippen molar-refractivity contribution in [3.8, 4) is 5.69 Å². The highest BCUT2D eigenvalue weighted by atomic mass is 16.4. The fourth-order valence-electron chi connectivity index (χ4n) is 2.76. The third-order valence-corrected chi connectivity index (χ3v) is 4.59. The molecule has 0 aliphatic rings. The molecule has 26 heavy (non-hydrogen) atoms. The zero-order valence-electron chi connectivity index (χ0n) is 15.0. The van der Waals surface area contributed by atoms with Crippen molar-refractivity contribution in [1.29, 1.82) is 0 Å². The van der Waals surface area contributed by atoms with Gasteiger partial charge < -0.3 is 9.67 Å². The molecule has 4 nitrogen and oxygen atoms in total. The first-order valence-electron chi connectivity index (χ1n) is 8.73. The van der Waals surface area contributed by atoms with Crippen LogP contribution < -0.4 is 0 Å². The third kappa shape index (κ3) is 3.91. The Morgan fingerprint density at radius 3 is 2.42 bits per heavy atom. The molecule has 0 saturated heterocycles. The van der Waals surface area contributed by atoms with Crippen LogP contribution in [0.15, 0.2) is 71.9 Å². The molecular formula is C22H22N2O2. The standard InChI is InChI=1S/C22H22N2O2/c1-3-16(2)17-6-10-19(11-7-17)23-15-21-5-4-14-24(21)20-12-8-18(9-13-20)22(25)26/h4-16H,3H2,1-2H3,(H,25,26)/t16-/m0/s1. The average molecular weight is 346 g/mol. The molecule has 0 fully saturated rings. The molecule has 0 aliphatic carbocycles. The molecule has 2 aromatic carbocycles. The predicted molar refractivity (Wildman–Crippen MR) is 105 cm³/mol. The van der Waals surface area contributed by atoms with Crippen molar-refractivity contribution in [2.45, 2.75) is 26.2 Å². The van der Waals surface area contributed by atoms with Gasteiger partial charge in [-0.2, -0.15) is 0 Å². The molecule has 1 atom stereocenters. The summed E-state index contributed by atoms with van der Waals surface area (Å²) in [6.45, 7) is 4.41. The lowest BCUT2D eigenvalue weighted by Gasteiger charge is -2.08. The zero-order chi connectivity index (χ0) is 18.5. The first-order valence-corrected chi connectivity index (χ1v) is 8.73. The van der Waals surface area contributed by atoms with E-state index >= 15 is 0 Å². The SMILES string of the molecule is CC[C@H](C)c1ccc(N=Cc2cccn2-c2ccc(C(=O)O)cc2)cc1. The summed E-state index contributed by atoms with van der Waals surface area (Å²) in [6, 6.07) is 19.0. The van der Waals surface area contributed by atoms with Crippen LogP contribution in [0, 0.1) is 0 Å². The third-order valence-electron chi connectivity index (χ3n) is 4.59. The van der Waals surface area contributed by atoms with Gasteiger partial charge in [-0.1, -0.05) is 26.0 Å². The molecule has 0 spiro atoms. The van der Waals surface area contributed by atoms with E-state index in [4.69, 9.17) is 5.11 Å². The highest BCUT2D eigenvalue weighted by molar-refractivity contribution is 5.88. The van der Waals surface area contributed by atoms with E-state index in [1.54, 1.807) is 24.3 Å². The maximum absolute atomic E-state index is 11.0. The topological polar surface area (TPSA) is 54.6 Å². The van der Waals surface area contributed by atoms with Crippen LogP contribution in [0.5, 0.6) is 0 Å². The number of aliphatic imine (C=N–C) groups is 1. The van der Waals surface area contributed by atoms with Gasteiger partial charge in [-0.25, -0.2) is 4.79 Å². The van der Waals surface area contributed by atoms with E-state index in [1.807, 2.05) is 41.2 Å². The summed E-state index contributed by atoms with van der Waals surface area (Å²) in [6.07, 6.45) is 4.88. The van der Waals surface area contributed by atoms with Crippen molar-refractivity contribution in [3.05, 3.63) is 83.7 Å². The Hall–Kier alpha value is -3.14. The molecule has 0 aliphatic heterocycles. The van der Waals surface area contributed by atoms with Crippen molar-refractivity contribution in [2.24, 2.45) is 4.99 Å². The number of nitrogens with zero attached hydrogens (tertiary/aromatic N) is 2. The van der Waals surface area contributed by atoms with Crippen LogP contribution in [0.1, 0.15) is 47.8 Å². The maximum atomic E-state index is 11.0. The summed E-state index contributed by atoms with van der Waals surface area (Å²) in [5.41, 5.74) is 4.34. The van der Waals surface area contributed by atoms with Gasteiger partial charge in [-0.15, -0.1) is 0 Å². The van der Waals surface area contributed by atoms with Crippen molar-refractivity contribution >= 4 is 17.9 Å². The fourth-order valence-corrected chi connectivity index (χ4v) is 2.76. The number of hydrogen-bond donors (Lipinski definition) is 1. The van der Waals surface area contributed by atoms with Crippen molar-refractivity contribution in [3.63, 3.8) is 0 Å². The second-order valence-electron chi connectivity index (χ2n) is 6.31. The number of hydrogen-bond acceptors (Lipinski definition) is 2. The second-order valence-corrected chi connectivity index (χ2v) is 6.31. The van der Waals surface area contributed by atoms with E-state index < -0.39 is 5.97 Å². The Kier molecular flexibility index (Phi) is 5.32. The van der Waals surface area contributed by atoms with Gasteiger partial charge in [-0.3, -0.25) is 4.99 Å². The lowest BCUT2D eigenvalue weighted by atomic mass is 9.99. The first-order chi connectivity index (χ1) is 12.6. The lowest BCUT2D eigenvalue weighted by molar-refractivity contribution is 0.0697. The minimum Gasteiger partial charge on any atom is -0.478 e. The van der Waals surface area contributed by atoms with Gasteiger partial charge in [0, 0.05) is 11.9 Å². The Balaban J connectivity index is 1.80. The van der Waals surface area contributed by atoms with E-state index in [0.29, 0.717) is 5.92 Å². The summed E-state index contributed by atoms with van der Waals surface area (Å²) in [7, 11) is 0. The Morgan fingerprint density at radius 2 is 1.81 bits per heavy atom. The predicted octanol–water partition coefficient (Wildman–Crippen LogP) is 5.44. The van der Waals surface area contributed by atoms with E-state index in [-0.39, 0.29) is 5.56 Å². The lowest BCUT2D eigenvalue weighted by Crippen LogP contribution is -2.00. The largest absolute Gasteiger partial charge is 0.478 e. The van der Waals surface area contributed by atoms with E-state index in [0.717, 1.165) is 23.5 Å². The van der Waals surface area contributed by atoms with Crippen molar-refractivity contribution in [2.75, 3.05) is 0 Å². The molecular weight excluding hydrogens is 324 g/mol. The van der Waals surface area contributed by atoms with Crippen LogP contribution in [0.4, 0.5) is 5.69 Å². The Bertz CT molecular complexity index is 906. The molecule has 0 unspecified atom stereocenters. The monoisotopic (exact) mass is 346 g/mol. The summed E-state index contributed by atoms with van der Waals surface area (Å²) < 4.78 is 1.97. The van der Waals surface area contributed by atoms with Gasteiger partial charge in [0.05, 0.1) is 23.2 Å². The molecule has 1 N–H and O–H groups in total. The van der Waals surface area contributed by atoms with Crippen LogP contribution in [-0.2, 0) is 0 Å². The highest BCUT2D eigenvalue weighted by Crippen LogP contribution is 2.22. The quantitative estimate of drug-likeness (QED) is 0.604. The number of rotatable bonds is 6. The van der Waals surface area contributed by atoms with E-state index in [2.05, 4.69) is 31.0 Å². The second kappa shape index (κ2) is 7.83. The number of carboxylic acids is 1. The molecule has 4 heteroatoms. The normalized spacial score (nSPS) is 12.4. The number of benzene rings is 2. The molecule has 1 aromatic heterocycles. The van der Waals surface area contributed by atoms with Crippen LogP contribution in [0.3, 0.4) is 0 Å². The van der Waals surface area contributed by atoms with Gasteiger partial charge in [0.25, 0.3) is 0 Å². The number of carbonyl (C=O) groups is 1. The molecule has 3 rings (SSSR count). The van der Waals surface area contributed by atoms with Crippen molar-refractivity contribution in [1.82, 2.24) is 4.57 Å². The van der Waals surface area contributed by atoms with Gasteiger partial charge in [0.15, 0.2) is 0 Å². The molecule has 0 amide bonds. The number of aromatic carboxylic acids is 1. The van der Waals surface area contributed by atoms with Crippen LogP contribution in [0.2, 0.25) is 0 Å². The summed E-state index contributed by atoms with van der Waals surface area (Å²) >= 11 is 0. The van der Waals surface area contributed by atoms with E-state index in [9.17, 15) is 4.79 Å².